The molecule has 0 atom stereocenters. The lowest BCUT2D eigenvalue weighted by molar-refractivity contribution is 0.424. The fourth-order valence-electron chi connectivity index (χ4n) is 2.49. The average molecular weight is 276 g/mol. The molecule has 0 saturated carbocycles. The van der Waals surface area contributed by atoms with Crippen LogP contribution in [0.5, 0.6) is 0 Å². The number of imidazole rings is 1. The van der Waals surface area contributed by atoms with Gasteiger partial charge in [0.2, 0.25) is 0 Å². The molecule has 0 aliphatic rings. The second-order valence-electron chi connectivity index (χ2n) is 5.16. The number of rotatable bonds is 7. The number of hydrogen-bond donors (Lipinski definition) is 0. The lowest BCUT2D eigenvalue weighted by Gasteiger charge is -2.12. The van der Waals surface area contributed by atoms with Crippen molar-refractivity contribution in [2.75, 3.05) is 0 Å². The molecule has 0 amide bonds. The molecule has 0 unspecified atom stereocenters. The summed E-state index contributed by atoms with van der Waals surface area (Å²) >= 11 is 0. The molecule has 2 rings (SSSR count). The molecule has 0 spiro atoms. The molecule has 0 N–H and O–H groups in total. The maximum Gasteiger partial charge on any atom is 0.328 e. The Balaban J connectivity index is 2.13. The van der Waals surface area contributed by atoms with Crippen molar-refractivity contribution < 1.29 is 0 Å². The van der Waals surface area contributed by atoms with E-state index >= 15 is 0 Å². The molecule has 110 valence electrons. The van der Waals surface area contributed by atoms with E-state index in [1.54, 1.807) is 9.13 Å². The Morgan fingerprint density at radius 3 is 2.45 bits per heavy atom. The van der Waals surface area contributed by atoms with Crippen molar-refractivity contribution in [3.8, 4) is 0 Å². The van der Waals surface area contributed by atoms with Crippen molar-refractivity contribution in [1.82, 2.24) is 18.9 Å². The molecule has 0 saturated heterocycles. The van der Waals surface area contributed by atoms with Gasteiger partial charge >= 0.3 is 5.69 Å². The Hall–Kier alpha value is -1.78. The molecule has 0 bridgehead atoms. The van der Waals surface area contributed by atoms with E-state index in [9.17, 15) is 4.79 Å². The fourth-order valence-corrected chi connectivity index (χ4v) is 2.49. The molecule has 20 heavy (non-hydrogen) atoms. The highest BCUT2D eigenvalue weighted by molar-refractivity contribution is 5.01. The molecule has 2 aromatic heterocycles. The molecule has 2 heterocycles. The molecule has 0 aromatic carbocycles. The highest BCUT2D eigenvalue weighted by Crippen LogP contribution is 2.14. The van der Waals surface area contributed by atoms with Gasteiger partial charge in [-0.25, -0.2) is 4.79 Å². The van der Waals surface area contributed by atoms with Crippen molar-refractivity contribution in [2.24, 2.45) is 0 Å². The van der Waals surface area contributed by atoms with E-state index in [4.69, 9.17) is 0 Å². The van der Waals surface area contributed by atoms with Crippen LogP contribution in [0, 0.1) is 0 Å². The second-order valence-corrected chi connectivity index (χ2v) is 5.16. The van der Waals surface area contributed by atoms with Gasteiger partial charge in [-0.3, -0.25) is 13.8 Å². The zero-order valence-electron chi connectivity index (χ0n) is 12.6. The predicted molar refractivity (Wildman–Crippen MR) is 79.9 cm³/mol. The Morgan fingerprint density at radius 1 is 1.10 bits per heavy atom. The van der Waals surface area contributed by atoms with Crippen LogP contribution in [-0.2, 0) is 13.1 Å². The van der Waals surface area contributed by atoms with Gasteiger partial charge in [-0.1, -0.05) is 20.8 Å². The molecular weight excluding hydrogens is 252 g/mol. The van der Waals surface area contributed by atoms with Gasteiger partial charge in [0.15, 0.2) is 0 Å². The summed E-state index contributed by atoms with van der Waals surface area (Å²) in [7, 11) is 0. The number of hydrogen-bond acceptors (Lipinski definition) is 2. The lowest BCUT2D eigenvalue weighted by Crippen LogP contribution is -2.24. The van der Waals surface area contributed by atoms with Crippen LogP contribution >= 0.6 is 0 Å². The highest BCUT2D eigenvalue weighted by atomic mass is 16.1. The Labute approximate surface area is 119 Å². The standard InChI is InChI=1S/C15H24N4O/c1-4-8-17-10-11-18(15(17)20)12-13-7-9-19(16-13)14(5-2)6-3/h7,9-11,14H,4-6,8,12H2,1-3H3. The van der Waals surface area contributed by atoms with Crippen LogP contribution in [0.4, 0.5) is 0 Å². The minimum absolute atomic E-state index is 0.0453. The van der Waals surface area contributed by atoms with Gasteiger partial charge in [0.25, 0.3) is 0 Å². The topological polar surface area (TPSA) is 44.8 Å². The van der Waals surface area contributed by atoms with Gasteiger partial charge in [-0.15, -0.1) is 0 Å². The molecule has 0 fully saturated rings. The van der Waals surface area contributed by atoms with Crippen molar-refractivity contribution in [3.05, 3.63) is 40.8 Å². The van der Waals surface area contributed by atoms with Crippen molar-refractivity contribution in [2.45, 2.75) is 59.2 Å². The van der Waals surface area contributed by atoms with Gasteiger partial charge in [-0.05, 0) is 25.3 Å². The van der Waals surface area contributed by atoms with Crippen LogP contribution in [0.25, 0.3) is 0 Å². The highest BCUT2D eigenvalue weighted by Gasteiger charge is 2.09. The minimum Gasteiger partial charge on any atom is -0.299 e. The smallest absolute Gasteiger partial charge is 0.299 e. The maximum absolute atomic E-state index is 12.1. The fraction of sp³-hybridized carbons (Fsp3) is 0.600. The molecule has 2 aromatic rings. The first kappa shape index (κ1) is 14.6. The van der Waals surface area contributed by atoms with E-state index in [1.165, 1.54) is 0 Å². The average Bonchev–Trinajstić information content (AvgIpc) is 3.03. The summed E-state index contributed by atoms with van der Waals surface area (Å²) in [5, 5.41) is 4.59. The summed E-state index contributed by atoms with van der Waals surface area (Å²) in [6.45, 7) is 7.73. The number of nitrogens with zero attached hydrogens (tertiary/aromatic N) is 4. The van der Waals surface area contributed by atoms with E-state index in [2.05, 4.69) is 25.9 Å². The van der Waals surface area contributed by atoms with Gasteiger partial charge < -0.3 is 0 Å². The molecule has 0 aliphatic carbocycles. The van der Waals surface area contributed by atoms with Gasteiger partial charge in [0.05, 0.1) is 18.3 Å². The first-order valence-electron chi connectivity index (χ1n) is 7.49. The first-order chi connectivity index (χ1) is 9.69. The monoisotopic (exact) mass is 276 g/mol. The number of aryl methyl sites for hydroxylation is 1. The van der Waals surface area contributed by atoms with E-state index in [0.717, 1.165) is 31.5 Å². The first-order valence-corrected chi connectivity index (χ1v) is 7.49. The summed E-state index contributed by atoms with van der Waals surface area (Å²) in [4.78, 5) is 12.1. The largest absolute Gasteiger partial charge is 0.328 e. The third-order valence-electron chi connectivity index (χ3n) is 3.69. The Morgan fingerprint density at radius 2 is 1.80 bits per heavy atom. The van der Waals surface area contributed by atoms with E-state index in [1.807, 2.05) is 29.3 Å². The summed E-state index contributed by atoms with van der Waals surface area (Å²) in [5.74, 6) is 0. The molecule has 0 aliphatic heterocycles. The van der Waals surface area contributed by atoms with E-state index in [0.29, 0.717) is 12.6 Å². The summed E-state index contributed by atoms with van der Waals surface area (Å²) in [6, 6.07) is 2.45. The third kappa shape index (κ3) is 3.03. The van der Waals surface area contributed by atoms with Gasteiger partial charge in [0, 0.05) is 25.1 Å². The maximum atomic E-state index is 12.1. The van der Waals surface area contributed by atoms with Gasteiger partial charge in [0.1, 0.15) is 0 Å². The van der Waals surface area contributed by atoms with Crippen LogP contribution < -0.4 is 5.69 Å². The summed E-state index contributed by atoms with van der Waals surface area (Å²) < 4.78 is 5.48. The van der Waals surface area contributed by atoms with E-state index < -0.39 is 0 Å². The molecule has 0 radical (unpaired) electrons. The Bertz CT molecular complexity index is 589. The third-order valence-corrected chi connectivity index (χ3v) is 3.69. The van der Waals surface area contributed by atoms with E-state index in [-0.39, 0.29) is 5.69 Å². The number of aromatic nitrogens is 4. The molecular formula is C15H24N4O. The normalized spacial score (nSPS) is 11.4. The van der Waals surface area contributed by atoms with Crippen molar-refractivity contribution in [1.29, 1.82) is 0 Å². The molecule has 5 heteroatoms. The second kappa shape index (κ2) is 6.59. The molecule has 5 nitrogen and oxygen atoms in total. The quantitative estimate of drug-likeness (QED) is 0.780. The van der Waals surface area contributed by atoms with Crippen molar-refractivity contribution in [3.63, 3.8) is 0 Å². The van der Waals surface area contributed by atoms with Crippen LogP contribution in [0.15, 0.2) is 29.5 Å². The summed E-state index contributed by atoms with van der Waals surface area (Å²) in [5.41, 5.74) is 0.984. The van der Waals surface area contributed by atoms with Gasteiger partial charge in [-0.2, -0.15) is 5.10 Å². The lowest BCUT2D eigenvalue weighted by atomic mass is 10.2. The van der Waals surface area contributed by atoms with Crippen LogP contribution in [0.2, 0.25) is 0 Å². The SMILES string of the molecule is CCCn1ccn(Cc2ccn(C(CC)CC)n2)c1=O. The van der Waals surface area contributed by atoms with Crippen molar-refractivity contribution >= 4 is 0 Å². The minimum atomic E-state index is 0.0453. The predicted octanol–water partition coefficient (Wildman–Crippen LogP) is 2.67. The summed E-state index contributed by atoms with van der Waals surface area (Å²) in [6.07, 6.45) is 8.82. The van der Waals surface area contributed by atoms with Crippen LogP contribution in [0.3, 0.4) is 0 Å². The zero-order valence-corrected chi connectivity index (χ0v) is 12.6. The van der Waals surface area contributed by atoms with Crippen LogP contribution in [-0.4, -0.2) is 18.9 Å². The Kier molecular flexibility index (Phi) is 4.82. The zero-order chi connectivity index (χ0) is 14.5. The van der Waals surface area contributed by atoms with Crippen LogP contribution in [0.1, 0.15) is 51.8 Å².